The zero-order chi connectivity index (χ0) is 22.3. The van der Waals surface area contributed by atoms with Gasteiger partial charge in [0.15, 0.2) is 0 Å². The second-order valence-corrected chi connectivity index (χ2v) is 10.8. The molecule has 1 aromatic rings. The summed E-state index contributed by atoms with van der Waals surface area (Å²) < 4.78 is 0. The van der Waals surface area contributed by atoms with Gasteiger partial charge in [0.25, 0.3) is 0 Å². The minimum atomic E-state index is -0.636. The summed E-state index contributed by atoms with van der Waals surface area (Å²) in [7, 11) is 0. The zero-order valence-electron chi connectivity index (χ0n) is 19.0. The lowest BCUT2D eigenvalue weighted by molar-refractivity contribution is -0.160. The van der Waals surface area contributed by atoms with Gasteiger partial charge < -0.3 is 15.5 Å². The van der Waals surface area contributed by atoms with E-state index in [0.717, 1.165) is 31.2 Å². The van der Waals surface area contributed by atoms with E-state index in [-0.39, 0.29) is 23.1 Å². The van der Waals surface area contributed by atoms with Gasteiger partial charge in [-0.15, -0.1) is 0 Å². The number of carbonyl (C=O) groups excluding carboxylic acids is 3. The van der Waals surface area contributed by atoms with E-state index in [9.17, 15) is 14.4 Å². The molecule has 0 radical (unpaired) electrons. The lowest BCUT2D eigenvalue weighted by atomic mass is 9.49. The highest BCUT2D eigenvalue weighted by Crippen LogP contribution is 2.60. The normalized spacial score (nSPS) is 33.7. The molecule has 6 nitrogen and oxygen atoms in total. The molecule has 5 aliphatic rings. The predicted octanol–water partition coefficient (Wildman–Crippen LogP) is 3.01. The Bertz CT molecular complexity index is 848. The number of likely N-dealkylation sites (tertiary alicyclic amines) is 1. The van der Waals surface area contributed by atoms with Gasteiger partial charge in [0.2, 0.25) is 17.7 Å². The lowest BCUT2D eigenvalue weighted by Crippen LogP contribution is -2.58. The molecule has 0 aromatic heterocycles. The average molecular weight is 438 g/mol. The van der Waals surface area contributed by atoms with Crippen LogP contribution in [0.1, 0.15) is 63.9 Å². The van der Waals surface area contributed by atoms with Crippen LogP contribution in [0.15, 0.2) is 30.3 Å². The van der Waals surface area contributed by atoms with Crippen molar-refractivity contribution in [2.24, 2.45) is 23.2 Å². The molecule has 172 valence electrons. The van der Waals surface area contributed by atoms with Crippen LogP contribution < -0.4 is 10.6 Å². The van der Waals surface area contributed by atoms with E-state index in [2.05, 4.69) is 10.6 Å². The van der Waals surface area contributed by atoms with E-state index in [4.69, 9.17) is 0 Å². The fourth-order valence-corrected chi connectivity index (χ4v) is 7.27. The maximum Gasteiger partial charge on any atom is 0.243 e. The number of amides is 3. The third-order valence-corrected chi connectivity index (χ3v) is 8.37. The molecule has 4 saturated carbocycles. The van der Waals surface area contributed by atoms with Crippen molar-refractivity contribution in [2.75, 3.05) is 6.54 Å². The number of rotatable bonds is 6. The molecule has 2 atom stereocenters. The molecular weight excluding hydrogens is 402 g/mol. The molecule has 1 saturated heterocycles. The van der Waals surface area contributed by atoms with Crippen LogP contribution in [-0.2, 0) is 20.9 Å². The standard InChI is InChI=1S/C26H35N3O3/c1-17(23(30)27-16-18-6-3-2-4-7-18)28-24(31)22-8-5-9-29(22)25(32)26-13-19-10-20(14-26)12-21(11-19)15-26/h2-4,6-7,17,19-22H,5,8-16H2,1H3,(H,27,30)(H,28,31). The molecule has 0 spiro atoms. The first kappa shape index (κ1) is 21.5. The number of hydrogen-bond donors (Lipinski definition) is 2. The first-order chi connectivity index (χ1) is 15.4. The Labute approximate surface area is 190 Å². The molecule has 4 bridgehead atoms. The summed E-state index contributed by atoms with van der Waals surface area (Å²) in [5.74, 6) is 1.92. The third-order valence-electron chi connectivity index (χ3n) is 8.37. The van der Waals surface area contributed by atoms with Gasteiger partial charge in [0.05, 0.1) is 5.41 Å². The van der Waals surface area contributed by atoms with E-state index in [1.165, 1.54) is 19.3 Å². The number of benzene rings is 1. The summed E-state index contributed by atoms with van der Waals surface area (Å²) in [6.45, 7) is 2.80. The zero-order valence-corrected chi connectivity index (χ0v) is 19.0. The minimum Gasteiger partial charge on any atom is -0.350 e. The van der Waals surface area contributed by atoms with Gasteiger partial charge in [0.1, 0.15) is 12.1 Å². The van der Waals surface area contributed by atoms with Crippen molar-refractivity contribution in [3.63, 3.8) is 0 Å². The van der Waals surface area contributed by atoms with Crippen LogP contribution in [0.2, 0.25) is 0 Å². The second kappa shape index (κ2) is 8.53. The maximum absolute atomic E-state index is 13.8. The van der Waals surface area contributed by atoms with Gasteiger partial charge in [-0.3, -0.25) is 14.4 Å². The van der Waals surface area contributed by atoms with Gasteiger partial charge in [-0.25, -0.2) is 0 Å². The van der Waals surface area contributed by atoms with E-state index in [1.807, 2.05) is 35.2 Å². The van der Waals surface area contributed by atoms with Gasteiger partial charge in [-0.05, 0) is 81.6 Å². The molecule has 1 aliphatic heterocycles. The minimum absolute atomic E-state index is 0.192. The smallest absolute Gasteiger partial charge is 0.243 e. The molecule has 1 aromatic carbocycles. The van der Waals surface area contributed by atoms with Crippen LogP contribution >= 0.6 is 0 Å². The van der Waals surface area contributed by atoms with Crippen molar-refractivity contribution in [3.05, 3.63) is 35.9 Å². The predicted molar refractivity (Wildman–Crippen MR) is 121 cm³/mol. The molecule has 4 aliphatic carbocycles. The Hall–Kier alpha value is -2.37. The quantitative estimate of drug-likeness (QED) is 0.718. The van der Waals surface area contributed by atoms with Crippen LogP contribution in [0, 0.1) is 23.2 Å². The van der Waals surface area contributed by atoms with Crippen molar-refractivity contribution >= 4 is 17.7 Å². The molecule has 3 amide bonds. The van der Waals surface area contributed by atoms with Crippen LogP contribution in [0.5, 0.6) is 0 Å². The summed E-state index contributed by atoms with van der Waals surface area (Å²) in [4.78, 5) is 41.2. The molecular formula is C26H35N3O3. The fourth-order valence-electron chi connectivity index (χ4n) is 7.27. The Morgan fingerprint density at radius 1 is 1.03 bits per heavy atom. The Morgan fingerprint density at radius 3 is 2.28 bits per heavy atom. The van der Waals surface area contributed by atoms with Crippen molar-refractivity contribution in [1.29, 1.82) is 0 Å². The summed E-state index contributed by atoms with van der Waals surface area (Å²) in [6.07, 6.45) is 8.47. The summed E-state index contributed by atoms with van der Waals surface area (Å²) in [5.41, 5.74) is 0.790. The third kappa shape index (κ3) is 4.04. The average Bonchev–Trinajstić information content (AvgIpc) is 3.26. The summed E-state index contributed by atoms with van der Waals surface area (Å²) in [5, 5.41) is 5.76. The highest BCUT2D eigenvalue weighted by atomic mass is 16.2. The summed E-state index contributed by atoms with van der Waals surface area (Å²) in [6, 6.07) is 8.63. The Morgan fingerprint density at radius 2 is 1.66 bits per heavy atom. The lowest BCUT2D eigenvalue weighted by Gasteiger charge is -2.56. The van der Waals surface area contributed by atoms with Crippen molar-refractivity contribution in [1.82, 2.24) is 15.5 Å². The Balaban J connectivity index is 1.19. The highest BCUT2D eigenvalue weighted by molar-refractivity contribution is 5.93. The van der Waals surface area contributed by atoms with Crippen LogP contribution in [-0.4, -0.2) is 41.2 Å². The van der Waals surface area contributed by atoms with Gasteiger partial charge in [0, 0.05) is 13.1 Å². The van der Waals surface area contributed by atoms with Gasteiger partial charge >= 0.3 is 0 Å². The fraction of sp³-hybridized carbons (Fsp3) is 0.654. The van der Waals surface area contributed by atoms with Gasteiger partial charge in [-0.1, -0.05) is 30.3 Å². The SMILES string of the molecule is CC(NC(=O)C1CCCN1C(=O)C12CC3CC(CC(C3)C1)C2)C(=O)NCc1ccccc1. The topological polar surface area (TPSA) is 78.5 Å². The number of nitrogens with zero attached hydrogens (tertiary/aromatic N) is 1. The number of carbonyl (C=O) groups is 3. The Kier molecular flexibility index (Phi) is 5.72. The summed E-state index contributed by atoms with van der Waals surface area (Å²) >= 11 is 0. The molecule has 6 rings (SSSR count). The molecule has 1 heterocycles. The first-order valence-corrected chi connectivity index (χ1v) is 12.4. The first-order valence-electron chi connectivity index (χ1n) is 12.4. The second-order valence-electron chi connectivity index (χ2n) is 10.8. The number of nitrogens with one attached hydrogen (secondary N) is 2. The van der Waals surface area contributed by atoms with Crippen LogP contribution in [0.4, 0.5) is 0 Å². The largest absolute Gasteiger partial charge is 0.350 e. The molecule has 5 fully saturated rings. The van der Waals surface area contributed by atoms with Crippen molar-refractivity contribution < 1.29 is 14.4 Å². The van der Waals surface area contributed by atoms with Crippen molar-refractivity contribution in [2.45, 2.75) is 76.9 Å². The van der Waals surface area contributed by atoms with E-state index in [1.54, 1.807) is 6.92 Å². The highest BCUT2D eigenvalue weighted by Gasteiger charge is 2.56. The van der Waals surface area contributed by atoms with E-state index >= 15 is 0 Å². The van der Waals surface area contributed by atoms with E-state index < -0.39 is 12.1 Å². The molecule has 6 heteroatoms. The van der Waals surface area contributed by atoms with Gasteiger partial charge in [-0.2, -0.15) is 0 Å². The van der Waals surface area contributed by atoms with Crippen LogP contribution in [0.3, 0.4) is 0 Å². The van der Waals surface area contributed by atoms with E-state index in [0.29, 0.717) is 37.3 Å². The number of hydrogen-bond acceptors (Lipinski definition) is 3. The van der Waals surface area contributed by atoms with Crippen LogP contribution in [0.25, 0.3) is 0 Å². The molecule has 2 unspecified atom stereocenters. The monoisotopic (exact) mass is 437 g/mol. The van der Waals surface area contributed by atoms with Crippen molar-refractivity contribution in [3.8, 4) is 0 Å². The molecule has 2 N–H and O–H groups in total. The molecule has 32 heavy (non-hydrogen) atoms. The maximum atomic E-state index is 13.8.